The van der Waals surface area contributed by atoms with Crippen molar-refractivity contribution in [3.8, 4) is 0 Å². The molecule has 0 aliphatic carbocycles. The predicted octanol–water partition coefficient (Wildman–Crippen LogP) is -0.965. The highest BCUT2D eigenvalue weighted by atomic mass is 16.4. The Balaban J connectivity index is 2.28. The number of likely N-dealkylation sites (tertiary alicyclic amines) is 1. The molecule has 0 spiro atoms. The third-order valence-corrected chi connectivity index (χ3v) is 2.82. The first-order valence-corrected chi connectivity index (χ1v) is 5.40. The number of aromatic nitrogens is 1. The number of aliphatic carboxylic acids is 1. The number of aromatic amines is 1. The minimum absolute atomic E-state index is 0.00185. The summed E-state index contributed by atoms with van der Waals surface area (Å²) in [7, 11) is 0. The number of nitrogens with zero attached hydrogens (tertiary/aromatic N) is 1. The molecular formula is C11H12N2O5. The molecule has 0 radical (unpaired) electrons. The highest BCUT2D eigenvalue weighted by Crippen LogP contribution is 2.19. The summed E-state index contributed by atoms with van der Waals surface area (Å²) in [5, 5.41) is 18.4. The summed E-state index contributed by atoms with van der Waals surface area (Å²) in [5.74, 6) is -1.77. The lowest BCUT2D eigenvalue weighted by atomic mass is 10.2. The van der Waals surface area contributed by atoms with Crippen molar-refractivity contribution in [3.63, 3.8) is 0 Å². The van der Waals surface area contributed by atoms with Gasteiger partial charge in [-0.3, -0.25) is 9.59 Å². The lowest BCUT2D eigenvalue weighted by Gasteiger charge is -2.20. The Morgan fingerprint density at radius 2 is 2.11 bits per heavy atom. The summed E-state index contributed by atoms with van der Waals surface area (Å²) in [4.78, 5) is 37.5. The molecule has 0 aromatic carbocycles. The van der Waals surface area contributed by atoms with Crippen molar-refractivity contribution in [1.82, 2.24) is 9.88 Å². The van der Waals surface area contributed by atoms with Crippen LogP contribution in [0.4, 0.5) is 0 Å². The minimum Gasteiger partial charge on any atom is -0.480 e. The van der Waals surface area contributed by atoms with Gasteiger partial charge < -0.3 is 20.1 Å². The average molecular weight is 252 g/mol. The van der Waals surface area contributed by atoms with Crippen LogP contribution in [0, 0.1) is 0 Å². The molecule has 1 amide bonds. The number of aliphatic hydroxyl groups excluding tert-OH is 1. The van der Waals surface area contributed by atoms with Gasteiger partial charge >= 0.3 is 5.97 Å². The summed E-state index contributed by atoms with van der Waals surface area (Å²) in [6.07, 6.45) is -0.858. The van der Waals surface area contributed by atoms with Crippen LogP contribution in [-0.2, 0) is 4.79 Å². The zero-order chi connectivity index (χ0) is 13.3. The summed E-state index contributed by atoms with van der Waals surface area (Å²) in [6.45, 7) is -0.0489. The smallest absolute Gasteiger partial charge is 0.326 e. The van der Waals surface area contributed by atoms with E-state index in [9.17, 15) is 19.5 Å². The van der Waals surface area contributed by atoms with Crippen LogP contribution in [0.25, 0.3) is 0 Å². The van der Waals surface area contributed by atoms with Crippen molar-refractivity contribution in [1.29, 1.82) is 0 Å². The normalized spacial score (nSPS) is 23.1. The molecule has 0 unspecified atom stereocenters. The first-order valence-electron chi connectivity index (χ1n) is 5.40. The van der Waals surface area contributed by atoms with Gasteiger partial charge in [-0.2, -0.15) is 0 Å². The van der Waals surface area contributed by atoms with Crippen molar-refractivity contribution < 1.29 is 19.8 Å². The molecule has 7 heteroatoms. The highest BCUT2D eigenvalue weighted by Gasteiger charge is 2.39. The number of carbonyl (C=O) groups excluding carboxylic acids is 1. The van der Waals surface area contributed by atoms with E-state index in [1.54, 1.807) is 0 Å². The maximum atomic E-state index is 12.0. The van der Waals surface area contributed by atoms with E-state index in [-0.39, 0.29) is 18.7 Å². The molecule has 0 saturated carbocycles. The number of amides is 1. The molecule has 18 heavy (non-hydrogen) atoms. The van der Waals surface area contributed by atoms with Gasteiger partial charge in [-0.1, -0.05) is 6.07 Å². The molecule has 1 aliphatic heterocycles. The zero-order valence-electron chi connectivity index (χ0n) is 9.37. The van der Waals surface area contributed by atoms with E-state index < -0.39 is 29.6 Å². The van der Waals surface area contributed by atoms with E-state index in [1.807, 2.05) is 0 Å². The predicted molar refractivity (Wildman–Crippen MR) is 60.1 cm³/mol. The molecule has 1 fully saturated rings. The van der Waals surface area contributed by atoms with Gasteiger partial charge in [0, 0.05) is 19.0 Å². The summed E-state index contributed by atoms with van der Waals surface area (Å²) in [5.41, 5.74) is -0.421. The number of aliphatic hydroxyl groups is 1. The number of carbonyl (C=O) groups is 2. The van der Waals surface area contributed by atoms with Crippen molar-refractivity contribution in [3.05, 3.63) is 34.2 Å². The number of nitrogens with one attached hydrogen (secondary N) is 1. The van der Waals surface area contributed by atoms with E-state index in [0.29, 0.717) is 0 Å². The Labute approximate surface area is 102 Å². The first kappa shape index (κ1) is 12.3. The lowest BCUT2D eigenvalue weighted by molar-refractivity contribution is -0.141. The van der Waals surface area contributed by atoms with E-state index in [0.717, 1.165) is 4.90 Å². The molecule has 2 rings (SSSR count). The molecule has 1 aliphatic rings. The second kappa shape index (κ2) is 4.61. The van der Waals surface area contributed by atoms with Crippen LogP contribution < -0.4 is 5.56 Å². The highest BCUT2D eigenvalue weighted by molar-refractivity contribution is 5.95. The maximum absolute atomic E-state index is 12.0. The molecule has 1 saturated heterocycles. The summed E-state index contributed by atoms with van der Waals surface area (Å²) in [6, 6.07) is 3.00. The molecule has 1 aromatic heterocycles. The monoisotopic (exact) mass is 252 g/mol. The van der Waals surface area contributed by atoms with E-state index in [1.165, 1.54) is 18.2 Å². The van der Waals surface area contributed by atoms with Crippen LogP contribution >= 0.6 is 0 Å². The van der Waals surface area contributed by atoms with Crippen molar-refractivity contribution >= 4 is 11.9 Å². The van der Waals surface area contributed by atoms with Gasteiger partial charge in [0.15, 0.2) is 0 Å². The van der Waals surface area contributed by atoms with Gasteiger partial charge in [0.25, 0.3) is 5.91 Å². The number of carboxylic acid groups (broad SMARTS) is 1. The average Bonchev–Trinajstić information content (AvgIpc) is 2.70. The van der Waals surface area contributed by atoms with E-state index in [2.05, 4.69) is 4.98 Å². The first-order chi connectivity index (χ1) is 8.49. The summed E-state index contributed by atoms with van der Waals surface area (Å²) >= 11 is 0. The van der Waals surface area contributed by atoms with Crippen molar-refractivity contribution in [2.45, 2.75) is 18.6 Å². The topological polar surface area (TPSA) is 111 Å². The second-order valence-electron chi connectivity index (χ2n) is 4.13. The number of hydrogen-bond donors (Lipinski definition) is 3. The Morgan fingerprint density at radius 3 is 2.72 bits per heavy atom. The van der Waals surface area contributed by atoms with Crippen LogP contribution in [0.1, 0.15) is 16.9 Å². The van der Waals surface area contributed by atoms with Crippen molar-refractivity contribution in [2.75, 3.05) is 6.54 Å². The number of hydrogen-bond acceptors (Lipinski definition) is 4. The van der Waals surface area contributed by atoms with E-state index >= 15 is 0 Å². The summed E-state index contributed by atoms with van der Waals surface area (Å²) < 4.78 is 0. The van der Waals surface area contributed by atoms with Gasteiger partial charge in [0.05, 0.1) is 6.10 Å². The lowest BCUT2D eigenvalue weighted by Crippen LogP contribution is -2.41. The Hall–Kier alpha value is -2.15. The SMILES string of the molecule is O=C(O)[C@@H]1C[C@H](O)CN1C(=O)c1cccc(=O)[nH]1. The number of carboxylic acids is 1. The molecular weight excluding hydrogens is 240 g/mol. The Bertz CT molecular complexity index is 538. The van der Waals surface area contributed by atoms with Gasteiger partial charge in [0.2, 0.25) is 5.56 Å². The number of β-amino-alcohol motifs (C(OH)–C–C–N with tert-alkyl or cyclic N) is 1. The Kier molecular flexibility index (Phi) is 3.15. The fraction of sp³-hybridized carbons (Fsp3) is 0.364. The molecule has 7 nitrogen and oxygen atoms in total. The number of rotatable bonds is 2. The number of pyridine rings is 1. The molecule has 2 heterocycles. The van der Waals surface area contributed by atoms with Gasteiger partial charge in [0.1, 0.15) is 11.7 Å². The second-order valence-corrected chi connectivity index (χ2v) is 4.13. The maximum Gasteiger partial charge on any atom is 0.326 e. The molecule has 0 bridgehead atoms. The molecule has 96 valence electrons. The third kappa shape index (κ3) is 2.25. The fourth-order valence-electron chi connectivity index (χ4n) is 2.00. The zero-order valence-corrected chi connectivity index (χ0v) is 9.37. The minimum atomic E-state index is -1.17. The quantitative estimate of drug-likeness (QED) is 0.627. The van der Waals surface area contributed by atoms with Gasteiger partial charge in [-0.05, 0) is 6.07 Å². The van der Waals surface area contributed by atoms with Gasteiger partial charge in [-0.25, -0.2) is 4.79 Å². The fourth-order valence-corrected chi connectivity index (χ4v) is 2.00. The van der Waals surface area contributed by atoms with Crippen LogP contribution in [0.3, 0.4) is 0 Å². The molecule has 2 atom stereocenters. The van der Waals surface area contributed by atoms with Crippen LogP contribution in [-0.4, -0.2) is 50.7 Å². The molecule has 3 N–H and O–H groups in total. The van der Waals surface area contributed by atoms with Gasteiger partial charge in [-0.15, -0.1) is 0 Å². The molecule has 1 aromatic rings. The number of H-pyrrole nitrogens is 1. The largest absolute Gasteiger partial charge is 0.480 e. The third-order valence-electron chi connectivity index (χ3n) is 2.82. The standard InChI is InChI=1S/C11H12N2O5/c14-6-4-8(11(17)18)13(5-6)10(16)7-2-1-3-9(15)12-7/h1-3,6,8,14H,4-5H2,(H,12,15)(H,17,18)/t6-,8-/m0/s1. The Morgan fingerprint density at radius 1 is 1.39 bits per heavy atom. The van der Waals surface area contributed by atoms with Crippen LogP contribution in [0.5, 0.6) is 0 Å². The van der Waals surface area contributed by atoms with Crippen molar-refractivity contribution in [2.24, 2.45) is 0 Å². The van der Waals surface area contributed by atoms with E-state index in [4.69, 9.17) is 5.11 Å². The van der Waals surface area contributed by atoms with Crippen LogP contribution in [0.15, 0.2) is 23.0 Å². The van der Waals surface area contributed by atoms with Crippen LogP contribution in [0.2, 0.25) is 0 Å².